The van der Waals surface area contributed by atoms with E-state index in [2.05, 4.69) is 5.32 Å². The summed E-state index contributed by atoms with van der Waals surface area (Å²) in [5.41, 5.74) is -1.91. The Morgan fingerprint density at radius 3 is 2.40 bits per heavy atom. The highest BCUT2D eigenvalue weighted by atomic mass is 19.4. The van der Waals surface area contributed by atoms with Gasteiger partial charge in [0, 0.05) is 32.5 Å². The number of rotatable bonds is 5. The summed E-state index contributed by atoms with van der Waals surface area (Å²) in [6.45, 7) is -0.0938. The third kappa shape index (κ3) is 5.31. The lowest BCUT2D eigenvalue weighted by Crippen LogP contribution is -2.59. The number of halogens is 4. The Balaban J connectivity index is 1.33. The van der Waals surface area contributed by atoms with E-state index in [1.54, 1.807) is 6.07 Å². The van der Waals surface area contributed by atoms with Gasteiger partial charge in [0.15, 0.2) is 5.76 Å². The van der Waals surface area contributed by atoms with Crippen LogP contribution in [0.2, 0.25) is 0 Å². The number of benzene rings is 2. The lowest BCUT2D eigenvalue weighted by atomic mass is 9.96. The van der Waals surface area contributed by atoms with Crippen LogP contribution in [0.5, 0.6) is 0 Å². The third-order valence-electron chi connectivity index (χ3n) is 7.17. The van der Waals surface area contributed by atoms with E-state index < -0.39 is 47.0 Å². The molecule has 12 heteroatoms. The lowest BCUT2D eigenvalue weighted by molar-refractivity contribution is -0.137. The van der Waals surface area contributed by atoms with Crippen molar-refractivity contribution in [3.05, 3.63) is 95.2 Å². The van der Waals surface area contributed by atoms with Crippen molar-refractivity contribution in [3.8, 4) is 0 Å². The molecule has 2 aromatic carbocycles. The first-order chi connectivity index (χ1) is 19.1. The van der Waals surface area contributed by atoms with Crippen molar-refractivity contribution in [1.82, 2.24) is 15.1 Å². The minimum atomic E-state index is -4.53. The van der Waals surface area contributed by atoms with Crippen molar-refractivity contribution in [2.75, 3.05) is 19.7 Å². The summed E-state index contributed by atoms with van der Waals surface area (Å²) < 4.78 is 64.8. The highest BCUT2D eigenvalue weighted by Gasteiger charge is 2.54. The van der Waals surface area contributed by atoms with Crippen LogP contribution in [0.1, 0.15) is 44.9 Å². The number of ether oxygens (including phenoxy) is 1. The van der Waals surface area contributed by atoms with Crippen LogP contribution in [-0.2, 0) is 22.3 Å². The molecule has 2 saturated heterocycles. The van der Waals surface area contributed by atoms with Crippen LogP contribution in [0.4, 0.5) is 17.6 Å². The van der Waals surface area contributed by atoms with Crippen LogP contribution in [0.3, 0.4) is 0 Å². The molecule has 0 radical (unpaired) electrons. The highest BCUT2D eigenvalue weighted by Crippen LogP contribution is 2.39. The molecule has 1 unspecified atom stereocenters. The largest absolute Gasteiger partial charge is 0.459 e. The molecule has 0 bridgehead atoms. The molecule has 3 heterocycles. The van der Waals surface area contributed by atoms with Crippen molar-refractivity contribution in [1.29, 1.82) is 0 Å². The standard InChI is InChI=1S/C28H25F4N3O5/c29-21-8-2-1-7-20(21)25(37)34-12-10-27(11-13-34)35(26(38)23-9-4-14-39-23)22(17-40-27)24(36)33-16-18-5-3-6-19(15-18)28(30,31)32/h1-9,14-15,22H,10-13,16-17H2,(H,33,36). The zero-order chi connectivity index (χ0) is 28.5. The van der Waals surface area contributed by atoms with E-state index in [9.17, 15) is 31.9 Å². The Morgan fingerprint density at radius 1 is 0.975 bits per heavy atom. The molecule has 1 aromatic heterocycles. The summed E-state index contributed by atoms with van der Waals surface area (Å²) >= 11 is 0. The Kier molecular flexibility index (Phi) is 7.37. The van der Waals surface area contributed by atoms with Gasteiger partial charge in [-0.05, 0) is 42.0 Å². The van der Waals surface area contributed by atoms with E-state index in [4.69, 9.17) is 9.15 Å². The van der Waals surface area contributed by atoms with Crippen LogP contribution < -0.4 is 5.32 Å². The van der Waals surface area contributed by atoms with Gasteiger partial charge in [-0.15, -0.1) is 0 Å². The van der Waals surface area contributed by atoms with E-state index in [1.165, 1.54) is 58.5 Å². The SMILES string of the molecule is O=C(NCc1cccc(C(F)(F)F)c1)C1COC2(CCN(C(=O)c3ccccc3F)CC2)N1C(=O)c1ccco1. The number of hydrogen-bond acceptors (Lipinski definition) is 5. The molecule has 2 aliphatic heterocycles. The monoisotopic (exact) mass is 559 g/mol. The second-order valence-electron chi connectivity index (χ2n) is 9.61. The average Bonchev–Trinajstić information content (AvgIpc) is 3.61. The summed E-state index contributed by atoms with van der Waals surface area (Å²) in [5.74, 6) is -2.37. The molecule has 210 valence electrons. The van der Waals surface area contributed by atoms with Gasteiger partial charge in [0.1, 0.15) is 17.6 Å². The Hall–Kier alpha value is -4.19. The van der Waals surface area contributed by atoms with Gasteiger partial charge in [-0.25, -0.2) is 4.39 Å². The fraction of sp³-hybridized carbons (Fsp3) is 0.321. The maximum atomic E-state index is 14.2. The molecular weight excluding hydrogens is 534 g/mol. The Morgan fingerprint density at radius 2 is 1.73 bits per heavy atom. The third-order valence-corrected chi connectivity index (χ3v) is 7.17. The Labute approximate surface area is 226 Å². The zero-order valence-corrected chi connectivity index (χ0v) is 21.1. The van der Waals surface area contributed by atoms with Crippen molar-refractivity contribution < 1.29 is 41.1 Å². The van der Waals surface area contributed by atoms with E-state index in [0.717, 1.165) is 12.1 Å². The van der Waals surface area contributed by atoms with Crippen LogP contribution in [0, 0.1) is 5.82 Å². The summed E-state index contributed by atoms with van der Waals surface area (Å²) in [6.07, 6.45) is -2.91. The lowest BCUT2D eigenvalue weighted by Gasteiger charge is -2.44. The molecule has 5 rings (SSSR count). The van der Waals surface area contributed by atoms with Crippen LogP contribution in [0.15, 0.2) is 71.3 Å². The minimum absolute atomic E-state index is 0.0228. The normalized spacial score (nSPS) is 18.6. The quantitative estimate of drug-likeness (QED) is 0.473. The van der Waals surface area contributed by atoms with Crippen LogP contribution in [-0.4, -0.2) is 59.0 Å². The summed E-state index contributed by atoms with van der Waals surface area (Å²) in [5, 5.41) is 2.61. The van der Waals surface area contributed by atoms with Gasteiger partial charge in [-0.1, -0.05) is 24.3 Å². The second-order valence-corrected chi connectivity index (χ2v) is 9.61. The zero-order valence-electron chi connectivity index (χ0n) is 21.1. The molecule has 8 nitrogen and oxygen atoms in total. The second kappa shape index (κ2) is 10.8. The first-order valence-electron chi connectivity index (χ1n) is 12.6. The fourth-order valence-corrected chi connectivity index (χ4v) is 5.11. The molecule has 1 spiro atoms. The summed E-state index contributed by atoms with van der Waals surface area (Å²) in [4.78, 5) is 42.5. The van der Waals surface area contributed by atoms with Gasteiger partial charge in [-0.3, -0.25) is 19.3 Å². The minimum Gasteiger partial charge on any atom is -0.459 e. The van der Waals surface area contributed by atoms with Crippen molar-refractivity contribution >= 4 is 17.7 Å². The fourth-order valence-electron chi connectivity index (χ4n) is 5.11. The van der Waals surface area contributed by atoms with Gasteiger partial charge in [0.2, 0.25) is 5.91 Å². The smallest absolute Gasteiger partial charge is 0.416 e. The summed E-state index contributed by atoms with van der Waals surface area (Å²) in [7, 11) is 0. The number of carbonyl (C=O) groups is 3. The predicted molar refractivity (Wildman–Crippen MR) is 132 cm³/mol. The molecular formula is C28H25F4N3O5. The molecule has 3 aromatic rings. The highest BCUT2D eigenvalue weighted by molar-refractivity contribution is 5.97. The summed E-state index contributed by atoms with van der Waals surface area (Å²) in [6, 6.07) is 12.1. The molecule has 0 saturated carbocycles. The van der Waals surface area contributed by atoms with E-state index in [1.807, 2.05) is 0 Å². The van der Waals surface area contributed by atoms with Gasteiger partial charge >= 0.3 is 6.18 Å². The molecule has 3 amide bonds. The number of piperidine rings is 1. The number of furan rings is 1. The van der Waals surface area contributed by atoms with Crippen LogP contribution in [0.25, 0.3) is 0 Å². The molecule has 1 atom stereocenters. The van der Waals surface area contributed by atoms with Gasteiger partial charge in [-0.2, -0.15) is 13.2 Å². The number of nitrogens with zero attached hydrogens (tertiary/aromatic N) is 2. The molecule has 40 heavy (non-hydrogen) atoms. The topological polar surface area (TPSA) is 92.1 Å². The van der Waals surface area contributed by atoms with Gasteiger partial charge < -0.3 is 19.4 Å². The van der Waals surface area contributed by atoms with E-state index in [-0.39, 0.29) is 56.0 Å². The van der Waals surface area contributed by atoms with Gasteiger partial charge in [0.25, 0.3) is 11.8 Å². The number of alkyl halides is 3. The van der Waals surface area contributed by atoms with Crippen molar-refractivity contribution in [3.63, 3.8) is 0 Å². The van der Waals surface area contributed by atoms with E-state index >= 15 is 0 Å². The number of amides is 3. The van der Waals surface area contributed by atoms with E-state index in [0.29, 0.717) is 0 Å². The number of nitrogens with one attached hydrogen (secondary N) is 1. The van der Waals surface area contributed by atoms with Gasteiger partial charge in [0.05, 0.1) is 24.0 Å². The first-order valence-corrected chi connectivity index (χ1v) is 12.6. The predicted octanol–water partition coefficient (Wildman–Crippen LogP) is 4.23. The molecule has 0 aliphatic carbocycles. The van der Waals surface area contributed by atoms with Crippen molar-refractivity contribution in [2.45, 2.75) is 37.3 Å². The maximum absolute atomic E-state index is 14.2. The number of carbonyl (C=O) groups excluding carboxylic acids is 3. The molecule has 2 fully saturated rings. The van der Waals surface area contributed by atoms with Crippen molar-refractivity contribution in [2.24, 2.45) is 0 Å². The molecule has 2 aliphatic rings. The Bertz CT molecular complexity index is 1400. The maximum Gasteiger partial charge on any atom is 0.416 e. The number of likely N-dealkylation sites (tertiary alicyclic amines) is 1. The first kappa shape index (κ1) is 27.4. The van der Waals surface area contributed by atoms with Crippen LogP contribution >= 0.6 is 0 Å². The average molecular weight is 560 g/mol. The molecule has 1 N–H and O–H groups in total. The number of hydrogen-bond donors (Lipinski definition) is 1.